The molecule has 1 amide bonds. The number of carbonyl (C=O) groups excluding carboxylic acids is 3. The molecular weight excluding hydrogens is 388 g/mol. The normalized spacial score (nSPS) is 10.2. The van der Waals surface area contributed by atoms with Gasteiger partial charge in [-0.1, -0.05) is 12.1 Å². The smallest absolute Gasteiger partial charge is 0.340 e. The first-order valence-corrected chi connectivity index (χ1v) is 9.07. The van der Waals surface area contributed by atoms with Crippen LogP contribution >= 0.6 is 0 Å². The summed E-state index contributed by atoms with van der Waals surface area (Å²) in [5.74, 6) is -0.888. The zero-order valence-electron chi connectivity index (χ0n) is 16.2. The Kier molecular flexibility index (Phi) is 6.83. The van der Waals surface area contributed by atoms with E-state index in [1.165, 1.54) is 19.2 Å². The SMILES string of the molecule is COC(=O)c1ccc(NC(=O)COC(=O)c2ccccc2NCc2ccco2)cc1. The van der Waals surface area contributed by atoms with E-state index in [0.717, 1.165) is 5.76 Å². The molecular formula is C22H20N2O6. The summed E-state index contributed by atoms with van der Waals surface area (Å²) in [5, 5.41) is 5.71. The number of furan rings is 1. The van der Waals surface area contributed by atoms with Crippen molar-refractivity contribution in [3.63, 3.8) is 0 Å². The highest BCUT2D eigenvalue weighted by molar-refractivity contribution is 5.98. The Hall–Kier alpha value is -4.07. The van der Waals surface area contributed by atoms with E-state index in [0.29, 0.717) is 29.0 Å². The minimum Gasteiger partial charge on any atom is -0.467 e. The maximum Gasteiger partial charge on any atom is 0.340 e. The van der Waals surface area contributed by atoms with Crippen LogP contribution in [0.3, 0.4) is 0 Å². The first-order chi connectivity index (χ1) is 14.6. The van der Waals surface area contributed by atoms with Crippen molar-refractivity contribution in [2.75, 3.05) is 24.4 Å². The summed E-state index contributed by atoms with van der Waals surface area (Å²) in [6, 6.07) is 16.6. The topological polar surface area (TPSA) is 107 Å². The fourth-order valence-electron chi connectivity index (χ4n) is 2.62. The zero-order chi connectivity index (χ0) is 21.3. The van der Waals surface area contributed by atoms with Crippen molar-refractivity contribution in [2.24, 2.45) is 0 Å². The standard InChI is InChI=1S/C22H20N2O6/c1-28-21(26)15-8-10-16(11-9-15)24-20(25)14-30-22(27)18-6-2-3-7-19(18)23-13-17-5-4-12-29-17/h2-12,23H,13-14H2,1H3,(H,24,25). The van der Waals surface area contributed by atoms with E-state index in [1.54, 1.807) is 48.7 Å². The number of esters is 2. The summed E-state index contributed by atoms with van der Waals surface area (Å²) in [4.78, 5) is 35.9. The third kappa shape index (κ3) is 5.48. The lowest BCUT2D eigenvalue weighted by Crippen LogP contribution is -2.21. The summed E-state index contributed by atoms with van der Waals surface area (Å²) in [7, 11) is 1.29. The van der Waals surface area contributed by atoms with Gasteiger partial charge in [-0.15, -0.1) is 0 Å². The van der Waals surface area contributed by atoms with Crippen LogP contribution in [0, 0.1) is 0 Å². The molecule has 1 heterocycles. The third-order valence-electron chi connectivity index (χ3n) is 4.10. The molecule has 8 heteroatoms. The number of rotatable bonds is 8. The minimum absolute atomic E-state index is 0.305. The monoisotopic (exact) mass is 408 g/mol. The van der Waals surface area contributed by atoms with Crippen LogP contribution in [0.2, 0.25) is 0 Å². The zero-order valence-corrected chi connectivity index (χ0v) is 16.2. The Labute approximate surface area is 172 Å². The van der Waals surface area contributed by atoms with E-state index in [4.69, 9.17) is 9.15 Å². The van der Waals surface area contributed by atoms with Crippen LogP contribution in [0.1, 0.15) is 26.5 Å². The number of benzene rings is 2. The van der Waals surface area contributed by atoms with Gasteiger partial charge in [-0.25, -0.2) is 9.59 Å². The second kappa shape index (κ2) is 9.92. The molecule has 154 valence electrons. The van der Waals surface area contributed by atoms with Gasteiger partial charge in [-0.3, -0.25) is 4.79 Å². The van der Waals surface area contributed by atoms with Crippen LogP contribution in [-0.4, -0.2) is 31.6 Å². The van der Waals surface area contributed by atoms with Crippen molar-refractivity contribution in [1.29, 1.82) is 0 Å². The predicted octanol–water partition coefficient (Wildman–Crippen LogP) is 3.47. The number of methoxy groups -OCH3 is 1. The molecule has 0 radical (unpaired) electrons. The molecule has 30 heavy (non-hydrogen) atoms. The molecule has 0 aliphatic heterocycles. The molecule has 3 rings (SSSR count). The molecule has 0 fully saturated rings. The molecule has 0 aliphatic rings. The molecule has 0 saturated carbocycles. The van der Waals surface area contributed by atoms with Crippen molar-refractivity contribution < 1.29 is 28.3 Å². The predicted molar refractivity (Wildman–Crippen MR) is 109 cm³/mol. The van der Waals surface area contributed by atoms with E-state index in [9.17, 15) is 14.4 Å². The molecule has 0 bridgehead atoms. The van der Waals surface area contributed by atoms with Crippen LogP contribution in [-0.2, 0) is 20.8 Å². The van der Waals surface area contributed by atoms with Gasteiger partial charge in [0.05, 0.1) is 31.0 Å². The molecule has 0 aliphatic carbocycles. The Balaban J connectivity index is 1.53. The highest BCUT2D eigenvalue weighted by atomic mass is 16.5. The number of para-hydroxylation sites is 1. The van der Waals surface area contributed by atoms with E-state index in [1.807, 2.05) is 6.07 Å². The van der Waals surface area contributed by atoms with E-state index >= 15 is 0 Å². The largest absolute Gasteiger partial charge is 0.467 e. The van der Waals surface area contributed by atoms with E-state index in [2.05, 4.69) is 15.4 Å². The van der Waals surface area contributed by atoms with Gasteiger partial charge >= 0.3 is 11.9 Å². The van der Waals surface area contributed by atoms with Crippen molar-refractivity contribution in [3.05, 3.63) is 83.8 Å². The van der Waals surface area contributed by atoms with Gasteiger partial charge in [0.25, 0.3) is 5.91 Å². The second-order valence-corrected chi connectivity index (χ2v) is 6.17. The lowest BCUT2D eigenvalue weighted by Gasteiger charge is -2.11. The maximum absolute atomic E-state index is 12.4. The number of ether oxygens (including phenoxy) is 2. The molecule has 8 nitrogen and oxygen atoms in total. The third-order valence-corrected chi connectivity index (χ3v) is 4.10. The number of hydrogen-bond acceptors (Lipinski definition) is 7. The minimum atomic E-state index is -0.631. The molecule has 0 atom stereocenters. The van der Waals surface area contributed by atoms with Crippen LogP contribution in [0.4, 0.5) is 11.4 Å². The lowest BCUT2D eigenvalue weighted by atomic mass is 10.2. The highest BCUT2D eigenvalue weighted by Crippen LogP contribution is 2.18. The van der Waals surface area contributed by atoms with Crippen molar-refractivity contribution in [3.8, 4) is 0 Å². The van der Waals surface area contributed by atoms with Crippen LogP contribution in [0.15, 0.2) is 71.3 Å². The Morgan fingerprint density at radius 3 is 2.40 bits per heavy atom. The van der Waals surface area contributed by atoms with Gasteiger partial charge in [0, 0.05) is 11.4 Å². The van der Waals surface area contributed by atoms with Crippen molar-refractivity contribution in [2.45, 2.75) is 6.54 Å². The number of nitrogens with one attached hydrogen (secondary N) is 2. The number of carbonyl (C=O) groups is 3. The van der Waals surface area contributed by atoms with Crippen LogP contribution < -0.4 is 10.6 Å². The number of amides is 1. The van der Waals surface area contributed by atoms with Gasteiger partial charge in [0.2, 0.25) is 0 Å². The van der Waals surface area contributed by atoms with Crippen molar-refractivity contribution >= 4 is 29.2 Å². The lowest BCUT2D eigenvalue weighted by molar-refractivity contribution is -0.119. The Morgan fingerprint density at radius 2 is 1.70 bits per heavy atom. The van der Waals surface area contributed by atoms with Crippen molar-refractivity contribution in [1.82, 2.24) is 0 Å². The van der Waals surface area contributed by atoms with Crippen LogP contribution in [0.25, 0.3) is 0 Å². The Morgan fingerprint density at radius 1 is 0.933 bits per heavy atom. The van der Waals surface area contributed by atoms with Crippen LogP contribution in [0.5, 0.6) is 0 Å². The fourth-order valence-corrected chi connectivity index (χ4v) is 2.62. The Bertz CT molecular complexity index is 1010. The van der Waals surface area contributed by atoms with Gasteiger partial charge in [0.15, 0.2) is 6.61 Å². The molecule has 2 aromatic carbocycles. The van der Waals surface area contributed by atoms with E-state index in [-0.39, 0.29) is 0 Å². The molecule has 0 spiro atoms. The number of anilines is 2. The van der Waals surface area contributed by atoms with Gasteiger partial charge < -0.3 is 24.5 Å². The average molecular weight is 408 g/mol. The average Bonchev–Trinajstić information content (AvgIpc) is 3.30. The molecule has 0 unspecified atom stereocenters. The summed E-state index contributed by atoms with van der Waals surface area (Å²) < 4.78 is 15.0. The fraction of sp³-hybridized carbons (Fsp3) is 0.136. The molecule has 0 saturated heterocycles. The first kappa shape index (κ1) is 20.7. The molecule has 3 aromatic rings. The summed E-state index contributed by atoms with van der Waals surface area (Å²) in [6.45, 7) is -0.0521. The van der Waals surface area contributed by atoms with Gasteiger partial charge in [-0.05, 0) is 48.5 Å². The maximum atomic E-state index is 12.4. The van der Waals surface area contributed by atoms with Gasteiger partial charge in [0.1, 0.15) is 5.76 Å². The highest BCUT2D eigenvalue weighted by Gasteiger charge is 2.15. The molecule has 1 aromatic heterocycles. The quantitative estimate of drug-likeness (QED) is 0.550. The molecule has 2 N–H and O–H groups in total. The summed E-state index contributed by atoms with van der Waals surface area (Å²) in [6.07, 6.45) is 1.57. The van der Waals surface area contributed by atoms with Gasteiger partial charge in [-0.2, -0.15) is 0 Å². The summed E-state index contributed by atoms with van der Waals surface area (Å²) >= 11 is 0. The van der Waals surface area contributed by atoms with E-state index < -0.39 is 24.5 Å². The number of hydrogen-bond donors (Lipinski definition) is 2. The second-order valence-electron chi connectivity index (χ2n) is 6.17. The first-order valence-electron chi connectivity index (χ1n) is 9.07. The summed E-state index contributed by atoms with van der Waals surface area (Å²) in [5.41, 5.74) is 1.70.